The Morgan fingerprint density at radius 1 is 0.457 bits per heavy atom. The van der Waals surface area contributed by atoms with Crippen molar-refractivity contribution in [2.24, 2.45) is 0 Å². The van der Waals surface area contributed by atoms with Crippen molar-refractivity contribution >= 4 is 0 Å². The fraction of sp³-hybridized carbons (Fsp3) is 0.0303. The van der Waals surface area contributed by atoms with Crippen LogP contribution in [0.15, 0.2) is 133 Å². The van der Waals surface area contributed by atoms with Crippen molar-refractivity contribution in [2.45, 2.75) is 5.41 Å². The zero-order chi connectivity index (χ0) is 24.1. The van der Waals surface area contributed by atoms with Crippen LogP contribution in [0.4, 0.5) is 0 Å². The van der Waals surface area contributed by atoms with Gasteiger partial charge in [-0.25, -0.2) is 0 Å². The van der Waals surface area contributed by atoms with Crippen molar-refractivity contribution < 1.29 is 0 Å². The predicted octanol–water partition coefficient (Wildman–Crippen LogP) is 7.48. The second-order valence-corrected chi connectivity index (χ2v) is 8.35. The molecule has 35 heavy (non-hydrogen) atoms. The van der Waals surface area contributed by atoms with Crippen molar-refractivity contribution in [1.82, 2.24) is 0 Å². The van der Waals surface area contributed by atoms with Gasteiger partial charge in [0, 0.05) is 5.56 Å². The van der Waals surface area contributed by atoms with E-state index in [0.29, 0.717) is 16.7 Å². The third-order valence-electron chi connectivity index (χ3n) is 6.52. The van der Waals surface area contributed by atoms with Crippen molar-refractivity contribution in [3.8, 4) is 23.3 Å². The minimum Gasteiger partial charge on any atom is -0.192 e. The highest BCUT2D eigenvalue weighted by molar-refractivity contribution is 5.78. The van der Waals surface area contributed by atoms with Crippen LogP contribution < -0.4 is 0 Å². The van der Waals surface area contributed by atoms with Gasteiger partial charge >= 0.3 is 0 Å². The minimum absolute atomic E-state index is 0.484. The third-order valence-corrected chi connectivity index (χ3v) is 6.52. The summed E-state index contributed by atoms with van der Waals surface area (Å²) in [4.78, 5) is 0. The third kappa shape index (κ3) is 3.68. The molecule has 0 spiro atoms. The summed E-state index contributed by atoms with van der Waals surface area (Å²) in [5.74, 6) is 0. The summed E-state index contributed by atoms with van der Waals surface area (Å²) in [5.41, 5.74) is 5.57. The Morgan fingerprint density at radius 2 is 0.886 bits per heavy atom. The molecule has 0 heterocycles. The maximum Gasteiger partial charge on any atom is 0.100 e. The zero-order valence-corrected chi connectivity index (χ0v) is 19.1. The highest BCUT2D eigenvalue weighted by atomic mass is 14.4. The molecule has 164 valence electrons. The quantitative estimate of drug-likeness (QED) is 0.263. The fourth-order valence-corrected chi connectivity index (χ4v) is 5.06. The van der Waals surface area contributed by atoms with E-state index in [9.17, 15) is 10.5 Å². The lowest BCUT2D eigenvalue weighted by atomic mass is 9.62. The number of nitrogens with zero attached hydrogens (tertiary/aromatic N) is 2. The first kappa shape index (κ1) is 21.9. The molecule has 0 aliphatic rings. The molecule has 0 aliphatic carbocycles. The maximum absolute atomic E-state index is 10.6. The van der Waals surface area contributed by atoms with Gasteiger partial charge in [0.1, 0.15) is 6.07 Å². The summed E-state index contributed by atoms with van der Waals surface area (Å²) >= 11 is 0. The van der Waals surface area contributed by atoms with Gasteiger partial charge in [-0.05, 0) is 33.9 Å². The van der Waals surface area contributed by atoms with Crippen LogP contribution in [0.1, 0.15) is 33.4 Å². The minimum atomic E-state index is -0.870. The summed E-state index contributed by atoms with van der Waals surface area (Å²) in [7, 11) is 0. The Kier molecular flexibility index (Phi) is 5.96. The van der Waals surface area contributed by atoms with Gasteiger partial charge in [0.15, 0.2) is 0 Å². The van der Waals surface area contributed by atoms with E-state index >= 15 is 0 Å². The number of rotatable bonds is 5. The normalized spacial score (nSPS) is 10.8. The Balaban J connectivity index is 2.02. The van der Waals surface area contributed by atoms with Crippen molar-refractivity contribution in [3.63, 3.8) is 0 Å². The van der Waals surface area contributed by atoms with E-state index in [1.807, 2.05) is 97.1 Å². The highest BCUT2D eigenvalue weighted by Crippen LogP contribution is 2.48. The summed E-state index contributed by atoms with van der Waals surface area (Å²) in [5, 5.41) is 21.0. The Morgan fingerprint density at radius 3 is 1.29 bits per heavy atom. The predicted molar refractivity (Wildman–Crippen MR) is 140 cm³/mol. The van der Waals surface area contributed by atoms with Gasteiger partial charge in [-0.1, -0.05) is 127 Å². The van der Waals surface area contributed by atoms with Crippen LogP contribution in [-0.4, -0.2) is 0 Å². The van der Waals surface area contributed by atoms with Crippen LogP contribution in [0.2, 0.25) is 0 Å². The first-order chi connectivity index (χ1) is 17.3. The molecule has 2 heteroatoms. The average molecular weight is 447 g/mol. The molecule has 0 aliphatic heterocycles. The number of benzene rings is 5. The first-order valence-electron chi connectivity index (χ1n) is 11.5. The lowest BCUT2D eigenvalue weighted by molar-refractivity contribution is 0.740. The second kappa shape index (κ2) is 9.52. The fourth-order valence-electron chi connectivity index (χ4n) is 5.06. The first-order valence-corrected chi connectivity index (χ1v) is 11.5. The molecular weight excluding hydrogens is 424 g/mol. The van der Waals surface area contributed by atoms with E-state index in [2.05, 4.69) is 48.5 Å². The van der Waals surface area contributed by atoms with E-state index in [-0.39, 0.29) is 0 Å². The molecule has 2 nitrogen and oxygen atoms in total. The Labute approximate surface area is 206 Å². The molecule has 0 saturated heterocycles. The smallest absolute Gasteiger partial charge is 0.100 e. The van der Waals surface area contributed by atoms with Crippen molar-refractivity contribution in [2.75, 3.05) is 0 Å². The molecule has 0 N–H and O–H groups in total. The Hall–Kier alpha value is -4.92. The van der Waals surface area contributed by atoms with Crippen molar-refractivity contribution in [1.29, 1.82) is 10.5 Å². The van der Waals surface area contributed by atoms with E-state index in [1.165, 1.54) is 0 Å². The molecule has 0 bridgehead atoms. The standard InChI is InChI=1S/C33H22N2/c34-23-26-21-22-30(25-13-5-1-6-14-25)31(24-35)32(26)33(27-15-7-2-8-16-27,28-17-9-3-10-18-28)29-19-11-4-12-20-29/h1-22H. The SMILES string of the molecule is N#Cc1ccc(-c2ccccc2)c(C#N)c1C(c1ccccc1)(c1ccccc1)c1ccccc1. The topological polar surface area (TPSA) is 47.6 Å². The molecule has 0 fully saturated rings. The van der Waals surface area contributed by atoms with Gasteiger partial charge < -0.3 is 0 Å². The van der Waals surface area contributed by atoms with Crippen LogP contribution >= 0.6 is 0 Å². The zero-order valence-electron chi connectivity index (χ0n) is 19.1. The number of hydrogen-bond donors (Lipinski definition) is 0. The van der Waals surface area contributed by atoms with E-state index in [1.54, 1.807) is 0 Å². The molecule has 5 aromatic carbocycles. The molecule has 0 amide bonds. The van der Waals surface area contributed by atoms with Crippen molar-refractivity contribution in [3.05, 3.63) is 167 Å². The number of nitriles is 2. The van der Waals surface area contributed by atoms with Crippen LogP contribution in [0.25, 0.3) is 11.1 Å². The molecule has 0 saturated carbocycles. The Bertz CT molecular complexity index is 1430. The summed E-state index contributed by atoms with van der Waals surface area (Å²) in [6.45, 7) is 0. The average Bonchev–Trinajstić information content (AvgIpc) is 2.95. The summed E-state index contributed by atoms with van der Waals surface area (Å²) in [6.07, 6.45) is 0. The second-order valence-electron chi connectivity index (χ2n) is 8.35. The summed E-state index contributed by atoms with van der Waals surface area (Å²) < 4.78 is 0. The molecule has 0 unspecified atom stereocenters. The monoisotopic (exact) mass is 446 g/mol. The highest BCUT2D eigenvalue weighted by Gasteiger charge is 2.42. The molecule has 0 atom stereocenters. The largest absolute Gasteiger partial charge is 0.192 e. The number of hydrogen-bond acceptors (Lipinski definition) is 2. The van der Waals surface area contributed by atoms with E-state index < -0.39 is 5.41 Å². The van der Waals surface area contributed by atoms with E-state index in [0.717, 1.165) is 27.8 Å². The molecule has 0 radical (unpaired) electrons. The van der Waals surface area contributed by atoms with Gasteiger partial charge in [-0.3, -0.25) is 0 Å². The van der Waals surface area contributed by atoms with Crippen LogP contribution in [0.5, 0.6) is 0 Å². The lowest BCUT2D eigenvalue weighted by Crippen LogP contribution is -2.33. The lowest BCUT2D eigenvalue weighted by Gasteiger charge is -2.38. The van der Waals surface area contributed by atoms with Crippen LogP contribution in [-0.2, 0) is 5.41 Å². The van der Waals surface area contributed by atoms with Gasteiger partial charge in [0.05, 0.1) is 22.6 Å². The molecular formula is C33H22N2. The van der Waals surface area contributed by atoms with Crippen LogP contribution in [0, 0.1) is 22.7 Å². The molecule has 0 aromatic heterocycles. The van der Waals surface area contributed by atoms with Gasteiger partial charge in [-0.15, -0.1) is 0 Å². The van der Waals surface area contributed by atoms with Gasteiger partial charge in [0.2, 0.25) is 0 Å². The summed E-state index contributed by atoms with van der Waals surface area (Å²) in [6, 6.07) is 49.0. The maximum atomic E-state index is 10.6. The van der Waals surface area contributed by atoms with Gasteiger partial charge in [-0.2, -0.15) is 10.5 Å². The van der Waals surface area contributed by atoms with Gasteiger partial charge in [0.25, 0.3) is 0 Å². The van der Waals surface area contributed by atoms with E-state index in [4.69, 9.17) is 0 Å². The molecule has 5 rings (SSSR count). The molecule has 5 aromatic rings. The van der Waals surface area contributed by atoms with Crippen LogP contribution in [0.3, 0.4) is 0 Å².